The number of amides is 1. The number of aryl methyl sites for hydroxylation is 2. The molecule has 17 heavy (non-hydrogen) atoms. The van der Waals surface area contributed by atoms with Crippen LogP contribution in [0.3, 0.4) is 0 Å². The van der Waals surface area contributed by atoms with E-state index in [4.69, 9.17) is 5.11 Å². The molecule has 1 aromatic carbocycles. The van der Waals surface area contributed by atoms with E-state index in [9.17, 15) is 4.79 Å². The zero-order chi connectivity index (χ0) is 12.5. The van der Waals surface area contributed by atoms with Gasteiger partial charge in [-0.15, -0.1) is 0 Å². The maximum absolute atomic E-state index is 11.4. The minimum absolute atomic E-state index is 0.0746. The van der Waals surface area contributed by atoms with Crippen molar-refractivity contribution in [2.45, 2.75) is 32.6 Å². The lowest BCUT2D eigenvalue weighted by Gasteiger charge is -2.04. The highest BCUT2D eigenvalue weighted by molar-refractivity contribution is 5.75. The zero-order valence-corrected chi connectivity index (χ0v) is 10.4. The summed E-state index contributed by atoms with van der Waals surface area (Å²) in [5.74, 6) is 0.0746. The Morgan fingerprint density at radius 2 is 1.94 bits per heavy atom. The van der Waals surface area contributed by atoms with E-state index < -0.39 is 0 Å². The van der Waals surface area contributed by atoms with Crippen LogP contribution in [0.5, 0.6) is 0 Å². The average molecular weight is 235 g/mol. The monoisotopic (exact) mass is 235 g/mol. The molecule has 0 aliphatic rings. The van der Waals surface area contributed by atoms with Crippen molar-refractivity contribution in [1.29, 1.82) is 0 Å². The molecule has 1 amide bonds. The minimum Gasteiger partial charge on any atom is -0.396 e. The summed E-state index contributed by atoms with van der Waals surface area (Å²) >= 11 is 0. The summed E-state index contributed by atoms with van der Waals surface area (Å²) in [6.45, 7) is 2.77. The molecule has 0 radical (unpaired) electrons. The minimum atomic E-state index is 0.0746. The average Bonchev–Trinajstić information content (AvgIpc) is 2.32. The van der Waals surface area contributed by atoms with Crippen LogP contribution in [-0.2, 0) is 11.2 Å². The lowest BCUT2D eigenvalue weighted by atomic mass is 10.1. The summed E-state index contributed by atoms with van der Waals surface area (Å²) < 4.78 is 0. The fourth-order valence-electron chi connectivity index (χ4n) is 1.60. The van der Waals surface area contributed by atoms with Crippen LogP contribution in [0.2, 0.25) is 0 Å². The van der Waals surface area contributed by atoms with E-state index in [0.717, 1.165) is 12.8 Å². The molecule has 0 spiro atoms. The summed E-state index contributed by atoms with van der Waals surface area (Å²) in [5.41, 5.74) is 2.54. The number of carbonyl (C=O) groups excluding carboxylic acids is 1. The highest BCUT2D eigenvalue weighted by Gasteiger charge is 2.00. The van der Waals surface area contributed by atoms with Crippen LogP contribution in [0, 0.1) is 6.92 Å². The van der Waals surface area contributed by atoms with Gasteiger partial charge >= 0.3 is 0 Å². The third kappa shape index (κ3) is 6.07. The van der Waals surface area contributed by atoms with Crippen molar-refractivity contribution < 1.29 is 9.90 Å². The van der Waals surface area contributed by atoms with Gasteiger partial charge in [0.25, 0.3) is 0 Å². The molecule has 94 valence electrons. The van der Waals surface area contributed by atoms with E-state index in [2.05, 4.69) is 36.5 Å². The van der Waals surface area contributed by atoms with Crippen LogP contribution in [0.15, 0.2) is 24.3 Å². The summed E-state index contributed by atoms with van der Waals surface area (Å²) in [5, 5.41) is 11.4. The summed E-state index contributed by atoms with van der Waals surface area (Å²) in [7, 11) is 0. The first-order chi connectivity index (χ1) is 8.22. The van der Waals surface area contributed by atoms with Gasteiger partial charge in [-0.3, -0.25) is 4.79 Å². The predicted molar refractivity (Wildman–Crippen MR) is 68.8 cm³/mol. The lowest BCUT2D eigenvalue weighted by molar-refractivity contribution is -0.121. The lowest BCUT2D eigenvalue weighted by Crippen LogP contribution is -2.24. The van der Waals surface area contributed by atoms with E-state index in [1.54, 1.807) is 0 Å². The Morgan fingerprint density at radius 3 is 2.59 bits per heavy atom. The van der Waals surface area contributed by atoms with E-state index >= 15 is 0 Å². The molecule has 1 rings (SSSR count). The molecule has 0 aliphatic heterocycles. The van der Waals surface area contributed by atoms with E-state index in [0.29, 0.717) is 19.4 Å². The van der Waals surface area contributed by atoms with Crippen LogP contribution < -0.4 is 5.32 Å². The van der Waals surface area contributed by atoms with Gasteiger partial charge in [0.15, 0.2) is 0 Å². The third-order valence-corrected chi connectivity index (χ3v) is 2.65. The number of carbonyl (C=O) groups is 1. The zero-order valence-electron chi connectivity index (χ0n) is 10.4. The number of nitrogens with one attached hydrogen (secondary N) is 1. The van der Waals surface area contributed by atoms with Crippen molar-refractivity contribution in [3.63, 3.8) is 0 Å². The van der Waals surface area contributed by atoms with Gasteiger partial charge in [0, 0.05) is 19.6 Å². The van der Waals surface area contributed by atoms with Crippen LogP contribution in [-0.4, -0.2) is 24.2 Å². The van der Waals surface area contributed by atoms with Crippen molar-refractivity contribution in [3.8, 4) is 0 Å². The standard InChI is InChI=1S/C14H21NO2/c1-12-6-8-13(9-7-12)4-2-5-14(17)15-10-3-11-16/h6-9,16H,2-5,10-11H2,1H3,(H,15,17). The van der Waals surface area contributed by atoms with Crippen LogP contribution in [0.25, 0.3) is 0 Å². The first-order valence-corrected chi connectivity index (χ1v) is 6.15. The first-order valence-electron chi connectivity index (χ1n) is 6.15. The number of hydrogen-bond donors (Lipinski definition) is 2. The molecule has 2 N–H and O–H groups in total. The van der Waals surface area contributed by atoms with Crippen molar-refractivity contribution in [3.05, 3.63) is 35.4 Å². The number of hydrogen-bond acceptors (Lipinski definition) is 2. The topological polar surface area (TPSA) is 49.3 Å². The number of aliphatic hydroxyl groups is 1. The molecule has 3 nitrogen and oxygen atoms in total. The van der Waals surface area contributed by atoms with Gasteiger partial charge in [0.2, 0.25) is 5.91 Å². The first kappa shape index (κ1) is 13.7. The highest BCUT2D eigenvalue weighted by atomic mass is 16.3. The van der Waals surface area contributed by atoms with Gasteiger partial charge in [-0.05, 0) is 31.7 Å². The molecular formula is C14H21NO2. The van der Waals surface area contributed by atoms with Crippen molar-refractivity contribution in [2.24, 2.45) is 0 Å². The second-order valence-electron chi connectivity index (χ2n) is 4.27. The molecule has 0 saturated heterocycles. The molecule has 0 atom stereocenters. The molecule has 0 saturated carbocycles. The maximum atomic E-state index is 11.4. The van der Waals surface area contributed by atoms with Crippen molar-refractivity contribution in [2.75, 3.05) is 13.2 Å². The molecule has 1 aromatic rings. The second kappa shape index (κ2) is 7.85. The molecule has 0 unspecified atom stereocenters. The summed E-state index contributed by atoms with van der Waals surface area (Å²) in [6.07, 6.45) is 2.99. The van der Waals surface area contributed by atoms with Gasteiger partial charge in [-0.1, -0.05) is 29.8 Å². The molecular weight excluding hydrogens is 214 g/mol. The Labute approximate surface area is 103 Å². The van der Waals surface area contributed by atoms with Gasteiger partial charge in [0.1, 0.15) is 0 Å². The fraction of sp³-hybridized carbons (Fsp3) is 0.500. The molecule has 0 aromatic heterocycles. The highest BCUT2D eigenvalue weighted by Crippen LogP contribution is 2.07. The Hall–Kier alpha value is -1.35. The fourth-order valence-corrected chi connectivity index (χ4v) is 1.60. The number of benzene rings is 1. The molecule has 0 aliphatic carbocycles. The predicted octanol–water partition coefficient (Wildman–Crippen LogP) is 1.82. The van der Waals surface area contributed by atoms with Gasteiger partial charge in [-0.25, -0.2) is 0 Å². The van der Waals surface area contributed by atoms with Gasteiger partial charge in [-0.2, -0.15) is 0 Å². The normalized spacial score (nSPS) is 10.2. The second-order valence-corrected chi connectivity index (χ2v) is 4.27. The SMILES string of the molecule is Cc1ccc(CCCC(=O)NCCCO)cc1. The van der Waals surface area contributed by atoms with Crippen LogP contribution in [0.4, 0.5) is 0 Å². The number of rotatable bonds is 7. The maximum Gasteiger partial charge on any atom is 0.220 e. The quantitative estimate of drug-likeness (QED) is 0.708. The summed E-state index contributed by atoms with van der Waals surface area (Å²) in [6, 6.07) is 8.41. The van der Waals surface area contributed by atoms with Crippen molar-refractivity contribution >= 4 is 5.91 Å². The largest absolute Gasteiger partial charge is 0.396 e. The van der Waals surface area contributed by atoms with E-state index in [1.165, 1.54) is 11.1 Å². The Bertz CT molecular complexity index is 333. The van der Waals surface area contributed by atoms with Crippen molar-refractivity contribution in [1.82, 2.24) is 5.32 Å². The molecule has 3 heteroatoms. The Morgan fingerprint density at radius 1 is 1.24 bits per heavy atom. The van der Waals surface area contributed by atoms with Crippen LogP contribution >= 0.6 is 0 Å². The van der Waals surface area contributed by atoms with Crippen LogP contribution in [0.1, 0.15) is 30.4 Å². The number of aliphatic hydroxyl groups excluding tert-OH is 1. The summed E-state index contributed by atoms with van der Waals surface area (Å²) in [4.78, 5) is 11.4. The smallest absolute Gasteiger partial charge is 0.220 e. The Kier molecular flexibility index (Phi) is 6.33. The third-order valence-electron chi connectivity index (χ3n) is 2.65. The molecule has 0 heterocycles. The van der Waals surface area contributed by atoms with E-state index in [1.807, 2.05) is 0 Å². The van der Waals surface area contributed by atoms with Gasteiger partial charge in [0.05, 0.1) is 0 Å². The molecule has 0 bridgehead atoms. The Balaban J connectivity index is 2.14. The van der Waals surface area contributed by atoms with Gasteiger partial charge < -0.3 is 10.4 Å². The van der Waals surface area contributed by atoms with E-state index in [-0.39, 0.29) is 12.5 Å². The molecule has 0 fully saturated rings.